The van der Waals surface area contributed by atoms with E-state index in [1.807, 2.05) is 32.1 Å². The number of urea groups is 1. The third kappa shape index (κ3) is 3.08. The second-order valence-electron chi connectivity index (χ2n) is 7.85. The van der Waals surface area contributed by atoms with E-state index in [1.54, 1.807) is 4.90 Å². The van der Waals surface area contributed by atoms with Gasteiger partial charge in [-0.2, -0.15) is 4.98 Å². The number of amides is 3. The molecule has 26 heavy (non-hydrogen) atoms. The van der Waals surface area contributed by atoms with Crippen LogP contribution in [0.15, 0.2) is 6.20 Å². The number of piperidine rings is 1. The van der Waals surface area contributed by atoms with Gasteiger partial charge in [-0.15, -0.1) is 0 Å². The van der Waals surface area contributed by atoms with Crippen molar-refractivity contribution in [3.8, 4) is 0 Å². The van der Waals surface area contributed by atoms with Crippen LogP contribution in [-0.4, -0.2) is 66.1 Å². The quantitative estimate of drug-likeness (QED) is 0.818. The van der Waals surface area contributed by atoms with Gasteiger partial charge in [0, 0.05) is 45.5 Å². The number of aryl methyl sites for hydroxylation is 1. The minimum absolute atomic E-state index is 0.165. The zero-order valence-corrected chi connectivity index (χ0v) is 16.2. The predicted octanol–water partition coefficient (Wildman–Crippen LogP) is 1.40. The van der Waals surface area contributed by atoms with Crippen LogP contribution >= 0.6 is 0 Å². The van der Waals surface area contributed by atoms with E-state index in [1.165, 1.54) is 0 Å². The summed E-state index contributed by atoms with van der Waals surface area (Å²) in [5.74, 6) is 1.71. The highest BCUT2D eigenvalue weighted by molar-refractivity contribution is 6.07. The Labute approximate surface area is 154 Å². The Balaban J connectivity index is 1.79. The molecule has 3 rings (SSSR count). The molecule has 0 atom stereocenters. The number of anilines is 2. The highest BCUT2D eigenvalue weighted by Crippen LogP contribution is 2.35. The van der Waals surface area contributed by atoms with Crippen molar-refractivity contribution < 1.29 is 9.59 Å². The van der Waals surface area contributed by atoms with Gasteiger partial charge >= 0.3 is 6.03 Å². The fraction of sp³-hybridized carbons (Fsp3) is 0.667. The minimum Gasteiger partial charge on any atom is -0.362 e. The number of aromatic nitrogens is 2. The van der Waals surface area contributed by atoms with E-state index in [2.05, 4.69) is 34.0 Å². The molecule has 8 heteroatoms. The molecule has 8 nitrogen and oxygen atoms in total. The lowest BCUT2D eigenvalue weighted by Gasteiger charge is -2.42. The summed E-state index contributed by atoms with van der Waals surface area (Å²) in [6.45, 7) is 7.98. The minimum atomic E-state index is -0.729. The van der Waals surface area contributed by atoms with E-state index in [0.717, 1.165) is 11.4 Å². The molecule has 1 aromatic heterocycles. The lowest BCUT2D eigenvalue weighted by Crippen LogP contribution is -2.57. The van der Waals surface area contributed by atoms with Crippen LogP contribution in [0, 0.1) is 12.8 Å². The highest BCUT2D eigenvalue weighted by Gasteiger charge is 2.54. The first kappa shape index (κ1) is 18.4. The van der Waals surface area contributed by atoms with E-state index in [4.69, 9.17) is 0 Å². The number of imide groups is 1. The van der Waals surface area contributed by atoms with Gasteiger partial charge in [0.05, 0.1) is 0 Å². The molecule has 1 spiro atoms. The summed E-state index contributed by atoms with van der Waals surface area (Å²) in [7, 11) is 3.92. The maximum atomic E-state index is 12.6. The van der Waals surface area contributed by atoms with E-state index in [0.29, 0.717) is 44.3 Å². The molecule has 1 aromatic rings. The van der Waals surface area contributed by atoms with Crippen LogP contribution in [0.2, 0.25) is 0 Å². The molecule has 3 heterocycles. The van der Waals surface area contributed by atoms with Gasteiger partial charge in [-0.05, 0) is 25.7 Å². The van der Waals surface area contributed by atoms with Crippen molar-refractivity contribution in [2.75, 3.05) is 43.5 Å². The number of nitrogens with zero attached hydrogens (tertiary/aromatic N) is 5. The first-order valence-corrected chi connectivity index (χ1v) is 9.13. The summed E-state index contributed by atoms with van der Waals surface area (Å²) in [5.41, 5.74) is 0.295. The zero-order chi connectivity index (χ0) is 19.1. The van der Waals surface area contributed by atoms with Gasteiger partial charge in [0.2, 0.25) is 5.95 Å². The summed E-state index contributed by atoms with van der Waals surface area (Å²) in [6.07, 6.45) is 3.01. The number of hydrogen-bond donors (Lipinski definition) is 1. The smallest absolute Gasteiger partial charge is 0.325 e. The number of nitrogens with one attached hydrogen (secondary N) is 1. The van der Waals surface area contributed by atoms with Crippen LogP contribution in [0.25, 0.3) is 0 Å². The second-order valence-corrected chi connectivity index (χ2v) is 7.85. The molecule has 2 fully saturated rings. The Morgan fingerprint density at radius 2 is 1.92 bits per heavy atom. The summed E-state index contributed by atoms with van der Waals surface area (Å²) in [5, 5.41) is 2.51. The third-order valence-corrected chi connectivity index (χ3v) is 5.18. The zero-order valence-electron chi connectivity index (χ0n) is 16.2. The van der Waals surface area contributed by atoms with Crippen LogP contribution < -0.4 is 15.1 Å². The molecule has 0 saturated carbocycles. The summed E-state index contributed by atoms with van der Waals surface area (Å²) >= 11 is 0. The van der Waals surface area contributed by atoms with Crippen LogP contribution in [-0.2, 0) is 4.79 Å². The normalized spacial score (nSPS) is 19.5. The topological polar surface area (TPSA) is 81.7 Å². The van der Waals surface area contributed by atoms with Gasteiger partial charge in [-0.1, -0.05) is 13.8 Å². The molecular formula is C18H28N6O2. The standard InChI is InChI=1S/C18H28N6O2/c1-12(2)11-24-17(26)21-15(25)18(24)6-8-23(9-7-18)16-19-10-13(3)14(20-16)22(4)5/h10,12H,6-9,11H2,1-5H3,(H,21,25,26). The molecule has 142 valence electrons. The van der Waals surface area contributed by atoms with E-state index >= 15 is 0 Å². The highest BCUT2D eigenvalue weighted by atomic mass is 16.2. The molecule has 0 aliphatic carbocycles. The van der Waals surface area contributed by atoms with Crippen molar-refractivity contribution in [2.24, 2.45) is 5.92 Å². The monoisotopic (exact) mass is 360 g/mol. The fourth-order valence-electron chi connectivity index (χ4n) is 3.82. The first-order chi connectivity index (χ1) is 12.2. The number of rotatable bonds is 4. The Bertz CT molecular complexity index is 710. The SMILES string of the molecule is Cc1cnc(N2CCC3(CC2)C(=O)NC(=O)N3CC(C)C)nc1N(C)C. The first-order valence-electron chi connectivity index (χ1n) is 9.13. The summed E-state index contributed by atoms with van der Waals surface area (Å²) < 4.78 is 0. The Kier molecular flexibility index (Phi) is 4.77. The molecular weight excluding hydrogens is 332 g/mol. The number of hydrogen-bond acceptors (Lipinski definition) is 6. The van der Waals surface area contributed by atoms with Crippen molar-refractivity contribution in [1.29, 1.82) is 0 Å². The van der Waals surface area contributed by atoms with Gasteiger partial charge < -0.3 is 14.7 Å². The number of carbonyl (C=O) groups excluding carboxylic acids is 2. The molecule has 2 saturated heterocycles. The van der Waals surface area contributed by atoms with Crippen molar-refractivity contribution in [1.82, 2.24) is 20.2 Å². The molecule has 0 radical (unpaired) electrons. The number of carbonyl (C=O) groups is 2. The molecule has 0 unspecified atom stereocenters. The average molecular weight is 360 g/mol. The Morgan fingerprint density at radius 3 is 2.50 bits per heavy atom. The van der Waals surface area contributed by atoms with E-state index in [9.17, 15) is 9.59 Å². The fourth-order valence-corrected chi connectivity index (χ4v) is 3.82. The molecule has 3 amide bonds. The van der Waals surface area contributed by atoms with Crippen molar-refractivity contribution >= 4 is 23.7 Å². The molecule has 2 aliphatic rings. The van der Waals surface area contributed by atoms with Gasteiger partial charge in [-0.3, -0.25) is 10.1 Å². The van der Waals surface area contributed by atoms with Crippen molar-refractivity contribution in [2.45, 2.75) is 39.2 Å². The maximum Gasteiger partial charge on any atom is 0.325 e. The largest absolute Gasteiger partial charge is 0.362 e. The van der Waals surface area contributed by atoms with Crippen LogP contribution in [0.1, 0.15) is 32.3 Å². The van der Waals surface area contributed by atoms with Gasteiger partial charge in [0.1, 0.15) is 11.4 Å². The molecule has 0 bridgehead atoms. The Morgan fingerprint density at radius 1 is 1.27 bits per heavy atom. The van der Waals surface area contributed by atoms with E-state index < -0.39 is 5.54 Å². The van der Waals surface area contributed by atoms with Gasteiger partial charge in [-0.25, -0.2) is 9.78 Å². The van der Waals surface area contributed by atoms with Gasteiger partial charge in [0.15, 0.2) is 0 Å². The lowest BCUT2D eigenvalue weighted by molar-refractivity contribution is -0.127. The summed E-state index contributed by atoms with van der Waals surface area (Å²) in [4.78, 5) is 39.8. The second kappa shape index (κ2) is 6.74. The Hall–Kier alpha value is -2.38. The lowest BCUT2D eigenvalue weighted by atomic mass is 9.85. The third-order valence-electron chi connectivity index (χ3n) is 5.18. The average Bonchev–Trinajstić information content (AvgIpc) is 2.80. The van der Waals surface area contributed by atoms with Crippen molar-refractivity contribution in [3.05, 3.63) is 11.8 Å². The van der Waals surface area contributed by atoms with Crippen LogP contribution in [0.4, 0.5) is 16.6 Å². The summed E-state index contributed by atoms with van der Waals surface area (Å²) in [6, 6.07) is -0.265. The van der Waals surface area contributed by atoms with Gasteiger partial charge in [0.25, 0.3) is 5.91 Å². The van der Waals surface area contributed by atoms with Crippen LogP contribution in [0.3, 0.4) is 0 Å². The van der Waals surface area contributed by atoms with Crippen molar-refractivity contribution in [3.63, 3.8) is 0 Å². The molecule has 2 aliphatic heterocycles. The van der Waals surface area contributed by atoms with E-state index in [-0.39, 0.29) is 11.9 Å². The molecule has 1 N–H and O–H groups in total. The predicted molar refractivity (Wildman–Crippen MR) is 100 cm³/mol. The van der Waals surface area contributed by atoms with Crippen LogP contribution in [0.5, 0.6) is 0 Å². The molecule has 0 aromatic carbocycles. The maximum absolute atomic E-state index is 12.6.